The molecule has 2 N–H and O–H groups in total. The molecule has 4 nitrogen and oxygen atoms in total. The van der Waals surface area contributed by atoms with Gasteiger partial charge in [-0.05, 0) is 76.4 Å². The fourth-order valence-corrected chi connectivity index (χ4v) is 4.09. The van der Waals surface area contributed by atoms with Crippen LogP contribution < -0.4 is 10.6 Å². The smallest absolute Gasteiger partial charge is 0.254 e. The maximum Gasteiger partial charge on any atom is 0.254 e. The second-order valence-electron chi connectivity index (χ2n) is 8.41. The van der Waals surface area contributed by atoms with E-state index in [0.29, 0.717) is 0 Å². The molecule has 1 heterocycles. The molecule has 1 fully saturated rings. The van der Waals surface area contributed by atoms with Crippen LogP contribution in [0.4, 0.5) is 11.4 Å². The number of amides is 1. The number of rotatable bonds is 5. The third-order valence-corrected chi connectivity index (χ3v) is 5.52. The van der Waals surface area contributed by atoms with Crippen LogP contribution in [0.25, 0.3) is 6.08 Å². The second kappa shape index (κ2) is 9.17. The quantitative estimate of drug-likeness (QED) is 0.712. The molecular weight excluding hydrogens is 358 g/mol. The first-order valence-corrected chi connectivity index (χ1v) is 10.6. The van der Waals surface area contributed by atoms with Crippen molar-refractivity contribution in [3.63, 3.8) is 0 Å². The number of nitrogens with zero attached hydrogens (tertiary/aromatic N) is 2. The van der Waals surface area contributed by atoms with Crippen LogP contribution in [0.3, 0.4) is 0 Å². The van der Waals surface area contributed by atoms with E-state index in [1.165, 1.54) is 11.3 Å². The van der Waals surface area contributed by atoms with E-state index in [-0.39, 0.29) is 18.0 Å². The van der Waals surface area contributed by atoms with Crippen LogP contribution in [-0.4, -0.2) is 36.0 Å². The highest BCUT2D eigenvalue weighted by Gasteiger charge is 2.21. The van der Waals surface area contributed by atoms with Gasteiger partial charge < -0.3 is 15.5 Å². The zero-order chi connectivity index (χ0) is 21.0. The van der Waals surface area contributed by atoms with Gasteiger partial charge in [-0.15, -0.1) is 0 Å². The number of benzene rings is 2. The molecule has 2 aromatic carbocycles. The lowest BCUT2D eigenvalue weighted by molar-refractivity contribution is 0.0643. The van der Waals surface area contributed by atoms with E-state index >= 15 is 0 Å². The molecule has 1 amide bonds. The number of carbonyl (C=O) groups excluding carboxylic acids is 1. The van der Waals surface area contributed by atoms with Gasteiger partial charge in [0.15, 0.2) is 0 Å². The third kappa shape index (κ3) is 5.20. The molecule has 3 rings (SSSR count). The first-order valence-electron chi connectivity index (χ1n) is 10.6. The van der Waals surface area contributed by atoms with Crippen LogP contribution in [0.15, 0.2) is 54.1 Å². The molecule has 0 saturated carbocycles. The lowest BCUT2D eigenvalue weighted by atomic mass is 9.99. The highest BCUT2D eigenvalue weighted by molar-refractivity contribution is 5.94. The molecule has 2 aromatic rings. The van der Waals surface area contributed by atoms with Crippen LogP contribution in [-0.2, 0) is 0 Å². The number of nitrogen functional groups attached to an aromatic ring is 1. The van der Waals surface area contributed by atoms with E-state index in [4.69, 9.17) is 5.73 Å². The second-order valence-corrected chi connectivity index (χ2v) is 8.41. The molecular formula is C25H33N3O. The van der Waals surface area contributed by atoms with E-state index in [9.17, 15) is 4.79 Å². The molecule has 29 heavy (non-hydrogen) atoms. The van der Waals surface area contributed by atoms with Crippen molar-refractivity contribution in [2.45, 2.75) is 52.6 Å². The Kier molecular flexibility index (Phi) is 6.63. The minimum Gasteiger partial charge on any atom is -0.399 e. The Morgan fingerprint density at radius 1 is 1.00 bits per heavy atom. The third-order valence-electron chi connectivity index (χ3n) is 5.52. The van der Waals surface area contributed by atoms with Crippen molar-refractivity contribution in [1.29, 1.82) is 0 Å². The normalized spacial score (nSPS) is 14.4. The van der Waals surface area contributed by atoms with E-state index in [2.05, 4.69) is 56.9 Å². The van der Waals surface area contributed by atoms with Gasteiger partial charge in [-0.3, -0.25) is 4.79 Å². The Morgan fingerprint density at radius 2 is 1.62 bits per heavy atom. The zero-order valence-corrected chi connectivity index (χ0v) is 18.1. The summed E-state index contributed by atoms with van der Waals surface area (Å²) in [6.45, 7) is 10.3. The lowest BCUT2D eigenvalue weighted by Gasteiger charge is -2.31. The van der Waals surface area contributed by atoms with Crippen molar-refractivity contribution >= 4 is 23.4 Å². The monoisotopic (exact) mass is 391 g/mol. The average molecular weight is 392 g/mol. The summed E-state index contributed by atoms with van der Waals surface area (Å²) in [7, 11) is 0. The van der Waals surface area contributed by atoms with Crippen LogP contribution in [0.1, 0.15) is 56.5 Å². The summed E-state index contributed by atoms with van der Waals surface area (Å²) >= 11 is 0. The van der Waals surface area contributed by atoms with Crippen LogP contribution in [0.2, 0.25) is 0 Å². The molecule has 0 unspecified atom stereocenters. The summed E-state index contributed by atoms with van der Waals surface area (Å²) in [4.78, 5) is 17.1. The molecule has 1 aliphatic rings. The molecule has 154 valence electrons. The van der Waals surface area contributed by atoms with Crippen LogP contribution in [0.5, 0.6) is 0 Å². The van der Waals surface area contributed by atoms with Crippen LogP contribution >= 0.6 is 0 Å². The van der Waals surface area contributed by atoms with Crippen molar-refractivity contribution in [3.8, 4) is 0 Å². The number of carbonyl (C=O) groups is 1. The van der Waals surface area contributed by atoms with E-state index in [1.807, 2.05) is 35.2 Å². The van der Waals surface area contributed by atoms with Gasteiger partial charge in [0.25, 0.3) is 5.91 Å². The van der Waals surface area contributed by atoms with E-state index in [1.54, 1.807) is 0 Å². The van der Waals surface area contributed by atoms with Gasteiger partial charge in [-0.1, -0.05) is 29.8 Å². The van der Waals surface area contributed by atoms with Gasteiger partial charge in [0, 0.05) is 42.1 Å². The predicted octanol–water partition coefficient (Wildman–Crippen LogP) is 5.21. The first kappa shape index (κ1) is 21.0. The summed E-state index contributed by atoms with van der Waals surface area (Å²) in [5.41, 5.74) is 11.3. The number of nitrogens with two attached hydrogens (primary N) is 1. The SMILES string of the molecule is CC(C)N(C(=O)c1ccc(C=C2CCN(c3cccc(N)c3)CC2)cc1)C(C)C. The van der Waals surface area contributed by atoms with Gasteiger partial charge >= 0.3 is 0 Å². The van der Waals surface area contributed by atoms with Gasteiger partial charge in [0.1, 0.15) is 0 Å². The van der Waals surface area contributed by atoms with Crippen molar-refractivity contribution in [2.24, 2.45) is 0 Å². The Morgan fingerprint density at radius 3 is 2.17 bits per heavy atom. The maximum atomic E-state index is 12.8. The molecule has 4 heteroatoms. The molecule has 0 aromatic heterocycles. The highest BCUT2D eigenvalue weighted by atomic mass is 16.2. The molecule has 1 saturated heterocycles. The van der Waals surface area contributed by atoms with Gasteiger partial charge in [0.05, 0.1) is 0 Å². The van der Waals surface area contributed by atoms with Crippen molar-refractivity contribution in [1.82, 2.24) is 4.90 Å². The summed E-state index contributed by atoms with van der Waals surface area (Å²) < 4.78 is 0. The predicted molar refractivity (Wildman–Crippen MR) is 123 cm³/mol. The first-order chi connectivity index (χ1) is 13.8. The highest BCUT2D eigenvalue weighted by Crippen LogP contribution is 2.25. The maximum absolute atomic E-state index is 12.8. The molecule has 0 radical (unpaired) electrons. The molecule has 0 spiro atoms. The van der Waals surface area contributed by atoms with Crippen LogP contribution in [0, 0.1) is 0 Å². The summed E-state index contributed by atoms with van der Waals surface area (Å²) in [5.74, 6) is 0.102. The fraction of sp³-hybridized carbons (Fsp3) is 0.400. The van der Waals surface area contributed by atoms with E-state index in [0.717, 1.165) is 42.7 Å². The largest absolute Gasteiger partial charge is 0.399 e. The Balaban J connectivity index is 1.64. The number of hydrogen-bond donors (Lipinski definition) is 1. The summed E-state index contributed by atoms with van der Waals surface area (Å²) in [5, 5.41) is 0. The van der Waals surface area contributed by atoms with E-state index < -0.39 is 0 Å². The molecule has 0 atom stereocenters. The van der Waals surface area contributed by atoms with Gasteiger partial charge in [-0.2, -0.15) is 0 Å². The Labute approximate surface area is 175 Å². The minimum absolute atomic E-state index is 0.102. The Hall–Kier alpha value is -2.75. The molecule has 0 aliphatic carbocycles. The number of anilines is 2. The average Bonchev–Trinajstić information content (AvgIpc) is 2.68. The van der Waals surface area contributed by atoms with Crippen molar-refractivity contribution in [2.75, 3.05) is 23.7 Å². The Bertz CT molecular complexity index is 850. The summed E-state index contributed by atoms with van der Waals surface area (Å²) in [6, 6.07) is 16.5. The lowest BCUT2D eigenvalue weighted by Crippen LogP contribution is -2.42. The van der Waals surface area contributed by atoms with Crippen molar-refractivity contribution < 1.29 is 4.79 Å². The fourth-order valence-electron chi connectivity index (χ4n) is 4.09. The summed E-state index contributed by atoms with van der Waals surface area (Å²) in [6.07, 6.45) is 4.36. The number of hydrogen-bond acceptors (Lipinski definition) is 3. The topological polar surface area (TPSA) is 49.6 Å². The number of piperidine rings is 1. The standard InChI is InChI=1S/C25H33N3O/c1-18(2)28(19(3)4)25(29)22-10-8-20(9-11-22)16-21-12-14-27(15-13-21)24-7-5-6-23(26)17-24/h5-11,16-19H,12-15,26H2,1-4H3. The minimum atomic E-state index is 0.102. The zero-order valence-electron chi connectivity index (χ0n) is 18.1. The van der Waals surface area contributed by atoms with Gasteiger partial charge in [0.2, 0.25) is 0 Å². The van der Waals surface area contributed by atoms with Gasteiger partial charge in [-0.25, -0.2) is 0 Å². The molecule has 1 aliphatic heterocycles. The molecule has 0 bridgehead atoms. The van der Waals surface area contributed by atoms with Crippen molar-refractivity contribution in [3.05, 3.63) is 65.2 Å².